The first-order valence-corrected chi connectivity index (χ1v) is 7.02. The Labute approximate surface area is 137 Å². The number of nitrogens with one attached hydrogen (secondary N) is 1. The highest BCUT2D eigenvalue weighted by molar-refractivity contribution is 5.91. The van der Waals surface area contributed by atoms with Crippen molar-refractivity contribution in [1.29, 1.82) is 0 Å². The largest absolute Gasteiger partial charge is 0.484 e. The molecule has 126 valence electrons. The Morgan fingerprint density at radius 3 is 2.46 bits per heavy atom. The Morgan fingerprint density at radius 1 is 1.08 bits per heavy atom. The summed E-state index contributed by atoms with van der Waals surface area (Å²) in [5.74, 6) is -0.701. The van der Waals surface area contributed by atoms with E-state index in [1.807, 2.05) is 0 Å². The summed E-state index contributed by atoms with van der Waals surface area (Å²) in [7, 11) is 0. The van der Waals surface area contributed by atoms with E-state index in [4.69, 9.17) is 19.6 Å². The van der Waals surface area contributed by atoms with E-state index in [1.165, 1.54) is 30.5 Å². The van der Waals surface area contributed by atoms with Gasteiger partial charge in [-0.2, -0.15) is 0 Å². The van der Waals surface area contributed by atoms with E-state index in [0.29, 0.717) is 11.5 Å². The Morgan fingerprint density at radius 2 is 1.83 bits per heavy atom. The minimum atomic E-state index is -0.649. The van der Waals surface area contributed by atoms with Gasteiger partial charge in [0.25, 0.3) is 11.8 Å². The van der Waals surface area contributed by atoms with Gasteiger partial charge >= 0.3 is 5.97 Å². The number of hydrogen-bond acceptors (Lipinski definition) is 6. The first-order valence-electron chi connectivity index (χ1n) is 7.02. The maximum Gasteiger partial charge on any atom is 0.338 e. The summed E-state index contributed by atoms with van der Waals surface area (Å²) in [6.07, 6.45) is 1.50. The van der Waals surface area contributed by atoms with Gasteiger partial charge in [0.2, 0.25) is 0 Å². The molecule has 0 saturated heterocycles. The second-order valence-electron chi connectivity index (χ2n) is 4.71. The molecule has 1 heterocycles. The van der Waals surface area contributed by atoms with Crippen molar-refractivity contribution >= 4 is 17.8 Å². The molecule has 0 saturated carbocycles. The van der Waals surface area contributed by atoms with Crippen LogP contribution in [-0.4, -0.2) is 31.0 Å². The number of primary amides is 1. The van der Waals surface area contributed by atoms with Gasteiger partial charge in [-0.3, -0.25) is 9.59 Å². The molecule has 2 amide bonds. The molecule has 8 nitrogen and oxygen atoms in total. The maximum atomic E-state index is 11.8. The number of carbonyl (C=O) groups is 3. The number of ether oxygens (including phenoxy) is 2. The van der Waals surface area contributed by atoms with Crippen LogP contribution in [0.2, 0.25) is 0 Å². The number of nitrogens with two attached hydrogens (primary N) is 1. The van der Waals surface area contributed by atoms with E-state index in [-0.39, 0.29) is 18.7 Å². The van der Waals surface area contributed by atoms with Crippen molar-refractivity contribution in [1.82, 2.24) is 5.32 Å². The first-order chi connectivity index (χ1) is 11.5. The molecule has 0 radical (unpaired) electrons. The number of carbonyl (C=O) groups excluding carboxylic acids is 3. The van der Waals surface area contributed by atoms with Crippen molar-refractivity contribution in [3.63, 3.8) is 0 Å². The molecule has 0 aliphatic heterocycles. The summed E-state index contributed by atoms with van der Waals surface area (Å²) in [5.41, 5.74) is 5.21. The summed E-state index contributed by atoms with van der Waals surface area (Å²) in [6.45, 7) is -0.436. The third-order valence-electron chi connectivity index (χ3n) is 2.85. The molecule has 1 aromatic heterocycles. The Bertz CT molecular complexity index is 694. The van der Waals surface area contributed by atoms with Gasteiger partial charge in [-0.1, -0.05) is 0 Å². The van der Waals surface area contributed by atoms with E-state index in [1.54, 1.807) is 12.1 Å². The number of benzene rings is 1. The molecule has 0 atom stereocenters. The Hall–Kier alpha value is -3.29. The van der Waals surface area contributed by atoms with Crippen LogP contribution in [0.3, 0.4) is 0 Å². The molecule has 0 unspecified atom stereocenters. The number of rotatable bonds is 8. The topological polar surface area (TPSA) is 121 Å². The number of amides is 2. The van der Waals surface area contributed by atoms with Crippen LogP contribution in [0.1, 0.15) is 16.1 Å². The van der Waals surface area contributed by atoms with E-state index in [9.17, 15) is 14.4 Å². The molecule has 24 heavy (non-hydrogen) atoms. The maximum absolute atomic E-state index is 11.8. The molecule has 0 fully saturated rings. The van der Waals surface area contributed by atoms with E-state index in [0.717, 1.165) is 0 Å². The molecule has 1 aromatic carbocycles. The zero-order valence-electron chi connectivity index (χ0n) is 12.7. The molecule has 8 heteroatoms. The smallest absolute Gasteiger partial charge is 0.338 e. The molecular weight excluding hydrogens is 316 g/mol. The van der Waals surface area contributed by atoms with Crippen molar-refractivity contribution in [2.75, 3.05) is 13.2 Å². The molecule has 2 aromatic rings. The fourth-order valence-electron chi connectivity index (χ4n) is 1.71. The van der Waals surface area contributed by atoms with Crippen LogP contribution in [0, 0.1) is 0 Å². The summed E-state index contributed by atoms with van der Waals surface area (Å²) in [6, 6.07) is 9.33. The van der Waals surface area contributed by atoms with Crippen molar-refractivity contribution in [2.24, 2.45) is 5.73 Å². The minimum Gasteiger partial charge on any atom is -0.484 e. The predicted molar refractivity (Wildman–Crippen MR) is 82.0 cm³/mol. The lowest BCUT2D eigenvalue weighted by atomic mass is 10.2. The Balaban J connectivity index is 1.75. The Kier molecular flexibility index (Phi) is 5.95. The van der Waals surface area contributed by atoms with Gasteiger partial charge in [0.1, 0.15) is 11.5 Å². The van der Waals surface area contributed by atoms with Crippen molar-refractivity contribution in [3.8, 4) is 5.75 Å². The summed E-state index contributed by atoms with van der Waals surface area (Å²) in [5, 5.41) is 2.55. The highest BCUT2D eigenvalue weighted by Gasteiger charge is 2.11. The summed E-state index contributed by atoms with van der Waals surface area (Å²) < 4.78 is 15.0. The van der Waals surface area contributed by atoms with Crippen LogP contribution in [0.4, 0.5) is 0 Å². The van der Waals surface area contributed by atoms with Gasteiger partial charge in [-0.25, -0.2) is 4.79 Å². The van der Waals surface area contributed by atoms with Gasteiger partial charge in [0.05, 0.1) is 18.4 Å². The average Bonchev–Trinajstić information content (AvgIpc) is 3.10. The third kappa shape index (κ3) is 5.48. The average molecular weight is 332 g/mol. The molecule has 0 aliphatic rings. The van der Waals surface area contributed by atoms with Crippen LogP contribution < -0.4 is 15.8 Å². The fraction of sp³-hybridized carbons (Fsp3) is 0.188. The number of hydrogen-bond donors (Lipinski definition) is 2. The van der Waals surface area contributed by atoms with Crippen LogP contribution in [0.15, 0.2) is 47.1 Å². The lowest BCUT2D eigenvalue weighted by Gasteiger charge is -2.07. The lowest BCUT2D eigenvalue weighted by molar-refractivity contribution is -0.124. The molecule has 0 spiro atoms. The molecule has 2 rings (SSSR count). The van der Waals surface area contributed by atoms with E-state index < -0.39 is 24.4 Å². The highest BCUT2D eigenvalue weighted by atomic mass is 16.5. The monoisotopic (exact) mass is 332 g/mol. The van der Waals surface area contributed by atoms with Gasteiger partial charge < -0.3 is 24.9 Å². The lowest BCUT2D eigenvalue weighted by Crippen LogP contribution is -2.28. The number of furan rings is 1. The predicted octanol–water partition coefficient (Wildman–Crippen LogP) is 0.617. The van der Waals surface area contributed by atoms with Gasteiger partial charge in [-0.05, 0) is 36.4 Å². The minimum absolute atomic E-state index is 0.218. The van der Waals surface area contributed by atoms with E-state index >= 15 is 0 Å². The number of esters is 1. The zero-order valence-corrected chi connectivity index (χ0v) is 12.7. The third-order valence-corrected chi connectivity index (χ3v) is 2.85. The molecular formula is C16H16N2O6. The van der Waals surface area contributed by atoms with Crippen LogP contribution >= 0.6 is 0 Å². The van der Waals surface area contributed by atoms with Gasteiger partial charge in [0, 0.05) is 0 Å². The quantitative estimate of drug-likeness (QED) is 0.684. The standard InChI is InChI=1S/C16H16N2O6/c17-14(19)9-23-12-5-3-11(4-6-12)16(21)24-10-15(20)18-8-13-2-1-7-22-13/h1-7H,8-10H2,(H2,17,19)(H,18,20). The van der Waals surface area contributed by atoms with Crippen LogP contribution in [0.25, 0.3) is 0 Å². The van der Waals surface area contributed by atoms with E-state index in [2.05, 4.69) is 5.32 Å². The molecule has 0 bridgehead atoms. The van der Waals surface area contributed by atoms with Gasteiger partial charge in [-0.15, -0.1) is 0 Å². The van der Waals surface area contributed by atoms with Gasteiger partial charge in [0.15, 0.2) is 13.2 Å². The first kappa shape index (κ1) is 17.1. The van der Waals surface area contributed by atoms with Crippen molar-refractivity contribution < 1.29 is 28.3 Å². The zero-order chi connectivity index (χ0) is 17.4. The normalized spacial score (nSPS) is 10.0. The molecule has 0 aliphatic carbocycles. The van der Waals surface area contributed by atoms with Crippen LogP contribution in [-0.2, 0) is 20.9 Å². The molecule has 3 N–H and O–H groups in total. The summed E-state index contributed by atoms with van der Waals surface area (Å²) >= 11 is 0. The van der Waals surface area contributed by atoms with Crippen LogP contribution in [0.5, 0.6) is 5.75 Å². The summed E-state index contributed by atoms with van der Waals surface area (Å²) in [4.78, 5) is 34.0. The van der Waals surface area contributed by atoms with Crippen molar-refractivity contribution in [2.45, 2.75) is 6.54 Å². The SMILES string of the molecule is NC(=O)COc1ccc(C(=O)OCC(=O)NCc2ccco2)cc1. The van der Waals surface area contributed by atoms with Crippen molar-refractivity contribution in [3.05, 3.63) is 54.0 Å². The highest BCUT2D eigenvalue weighted by Crippen LogP contribution is 2.12. The second kappa shape index (κ2) is 8.37. The fourth-order valence-corrected chi connectivity index (χ4v) is 1.71. The second-order valence-corrected chi connectivity index (χ2v) is 4.71.